The number of hydrogen-bond acceptors (Lipinski definition) is 4. The van der Waals surface area contributed by atoms with Gasteiger partial charge in [0.1, 0.15) is 5.75 Å². The maximum atomic E-state index is 13.5. The monoisotopic (exact) mass is 412 g/mol. The van der Waals surface area contributed by atoms with Gasteiger partial charge in [0.15, 0.2) is 17.5 Å². The number of amides is 1. The second kappa shape index (κ2) is 8.52. The van der Waals surface area contributed by atoms with Crippen LogP contribution in [0.5, 0.6) is 5.75 Å². The van der Waals surface area contributed by atoms with Gasteiger partial charge in [-0.05, 0) is 54.4 Å². The highest BCUT2D eigenvalue weighted by molar-refractivity contribution is 5.94. The molecule has 1 aliphatic rings. The minimum absolute atomic E-state index is 0.156. The highest BCUT2D eigenvalue weighted by Gasteiger charge is 2.22. The van der Waals surface area contributed by atoms with Crippen molar-refractivity contribution in [1.29, 1.82) is 0 Å². The third-order valence-electron chi connectivity index (χ3n) is 5.24. The summed E-state index contributed by atoms with van der Waals surface area (Å²) in [6, 6.07) is 12.9. The lowest BCUT2D eigenvalue weighted by atomic mass is 10.1. The summed E-state index contributed by atoms with van der Waals surface area (Å²) in [5.41, 5.74) is 2.05. The van der Waals surface area contributed by atoms with E-state index in [4.69, 9.17) is 4.74 Å². The Kier molecular flexibility index (Phi) is 5.65. The largest absolute Gasteiger partial charge is 0.497 e. The molecule has 0 radical (unpaired) electrons. The highest BCUT2D eigenvalue weighted by atomic mass is 19.2. The number of benzene rings is 2. The van der Waals surface area contributed by atoms with Crippen molar-refractivity contribution in [1.82, 2.24) is 15.1 Å². The first-order chi connectivity index (χ1) is 14.5. The van der Waals surface area contributed by atoms with Crippen LogP contribution in [0.2, 0.25) is 0 Å². The van der Waals surface area contributed by atoms with Crippen LogP contribution in [-0.4, -0.2) is 54.3 Å². The molecule has 0 aliphatic carbocycles. The van der Waals surface area contributed by atoms with Crippen LogP contribution in [0.4, 0.5) is 14.6 Å². The van der Waals surface area contributed by atoms with Gasteiger partial charge in [-0.1, -0.05) is 0 Å². The fraction of sp³-hybridized carbons (Fsp3) is 0.273. The molecule has 1 N–H and O–H groups in total. The zero-order valence-corrected chi connectivity index (χ0v) is 16.6. The first-order valence-corrected chi connectivity index (χ1v) is 9.74. The summed E-state index contributed by atoms with van der Waals surface area (Å²) < 4.78 is 31.8. The molecular formula is C22H22F2N4O2. The molecule has 0 saturated carbocycles. The average molecular weight is 412 g/mol. The van der Waals surface area contributed by atoms with E-state index >= 15 is 0 Å². The molecule has 1 amide bonds. The lowest BCUT2D eigenvalue weighted by molar-refractivity contribution is 0.0766. The number of carbonyl (C=O) groups is 1. The van der Waals surface area contributed by atoms with Gasteiger partial charge in [0.25, 0.3) is 5.91 Å². The number of aromatic nitrogens is 2. The number of ether oxygens (including phenoxy) is 1. The van der Waals surface area contributed by atoms with E-state index in [0.29, 0.717) is 19.6 Å². The molecule has 1 fully saturated rings. The zero-order chi connectivity index (χ0) is 21.1. The Balaban J connectivity index is 1.43. The second-order valence-electron chi connectivity index (χ2n) is 7.13. The molecule has 0 atom stereocenters. The number of aromatic amines is 1. The Bertz CT molecular complexity index is 1040. The van der Waals surface area contributed by atoms with Crippen molar-refractivity contribution in [3.05, 3.63) is 65.7 Å². The van der Waals surface area contributed by atoms with Crippen molar-refractivity contribution in [2.45, 2.75) is 6.42 Å². The molecule has 0 spiro atoms. The topological polar surface area (TPSA) is 61.5 Å². The van der Waals surface area contributed by atoms with E-state index in [1.54, 1.807) is 12.0 Å². The normalized spacial score (nSPS) is 14.5. The van der Waals surface area contributed by atoms with E-state index in [-0.39, 0.29) is 11.5 Å². The Morgan fingerprint density at radius 2 is 1.80 bits per heavy atom. The highest BCUT2D eigenvalue weighted by Crippen LogP contribution is 2.25. The number of carbonyl (C=O) groups excluding carboxylic acids is 1. The summed E-state index contributed by atoms with van der Waals surface area (Å²) in [5.74, 6) is -0.670. The molecule has 6 nitrogen and oxygen atoms in total. The number of rotatable bonds is 4. The Morgan fingerprint density at radius 3 is 2.53 bits per heavy atom. The number of H-pyrrole nitrogens is 1. The van der Waals surface area contributed by atoms with Crippen LogP contribution in [0.3, 0.4) is 0 Å². The van der Waals surface area contributed by atoms with E-state index < -0.39 is 11.6 Å². The van der Waals surface area contributed by atoms with Crippen LogP contribution in [0, 0.1) is 11.6 Å². The fourth-order valence-corrected chi connectivity index (χ4v) is 3.55. The Hall–Kier alpha value is -3.42. The zero-order valence-electron chi connectivity index (χ0n) is 16.6. The first-order valence-electron chi connectivity index (χ1n) is 9.74. The third-order valence-corrected chi connectivity index (χ3v) is 5.24. The van der Waals surface area contributed by atoms with Crippen LogP contribution in [0.1, 0.15) is 16.8 Å². The predicted molar refractivity (Wildman–Crippen MR) is 110 cm³/mol. The van der Waals surface area contributed by atoms with Gasteiger partial charge in [-0.2, -0.15) is 5.10 Å². The number of hydrogen-bond donors (Lipinski definition) is 1. The third kappa shape index (κ3) is 4.12. The Labute approximate surface area is 173 Å². The van der Waals surface area contributed by atoms with E-state index in [0.717, 1.165) is 47.9 Å². The molecule has 4 rings (SSSR count). The molecule has 8 heteroatoms. The van der Waals surface area contributed by atoms with Gasteiger partial charge in [0, 0.05) is 37.8 Å². The van der Waals surface area contributed by atoms with Crippen molar-refractivity contribution in [2.75, 3.05) is 38.2 Å². The van der Waals surface area contributed by atoms with Gasteiger partial charge in [-0.25, -0.2) is 8.78 Å². The lowest BCUT2D eigenvalue weighted by Gasteiger charge is -2.22. The summed E-state index contributed by atoms with van der Waals surface area (Å²) >= 11 is 0. The first kappa shape index (κ1) is 19.9. The Morgan fingerprint density at radius 1 is 1.00 bits per heavy atom. The van der Waals surface area contributed by atoms with E-state index in [2.05, 4.69) is 15.1 Å². The van der Waals surface area contributed by atoms with Gasteiger partial charge in [-0.15, -0.1) is 0 Å². The predicted octanol–water partition coefficient (Wildman–Crippen LogP) is 3.72. The van der Waals surface area contributed by atoms with Crippen LogP contribution in [0.25, 0.3) is 11.3 Å². The molecule has 30 heavy (non-hydrogen) atoms. The van der Waals surface area contributed by atoms with Gasteiger partial charge >= 0.3 is 0 Å². The molecule has 2 aromatic carbocycles. The van der Waals surface area contributed by atoms with E-state index in [1.807, 2.05) is 30.3 Å². The SMILES string of the molecule is COc1ccc(-c2cc(N3CCCN(C(=O)c4ccc(F)c(F)c4)CC3)n[nH]2)cc1. The number of nitrogens with one attached hydrogen (secondary N) is 1. The van der Waals surface area contributed by atoms with E-state index in [1.165, 1.54) is 6.07 Å². The number of anilines is 1. The van der Waals surface area contributed by atoms with Crippen molar-refractivity contribution in [3.8, 4) is 17.0 Å². The van der Waals surface area contributed by atoms with Crippen molar-refractivity contribution >= 4 is 11.7 Å². The minimum Gasteiger partial charge on any atom is -0.497 e. The van der Waals surface area contributed by atoms with Gasteiger partial charge < -0.3 is 14.5 Å². The number of methoxy groups -OCH3 is 1. The van der Waals surface area contributed by atoms with E-state index in [9.17, 15) is 13.6 Å². The molecule has 1 aliphatic heterocycles. The molecule has 0 unspecified atom stereocenters. The lowest BCUT2D eigenvalue weighted by Crippen LogP contribution is -2.35. The van der Waals surface area contributed by atoms with Crippen LogP contribution in [-0.2, 0) is 0 Å². The quantitative estimate of drug-likeness (QED) is 0.710. The average Bonchev–Trinajstić information content (AvgIpc) is 3.13. The molecule has 156 valence electrons. The molecule has 1 saturated heterocycles. The standard InChI is InChI=1S/C22H22F2N4O2/c1-30-17-6-3-15(4-7-17)20-14-21(26-25-20)27-9-2-10-28(12-11-27)22(29)16-5-8-18(23)19(24)13-16/h3-8,13-14H,2,9-12H2,1H3,(H,25,26). The summed E-state index contributed by atoms with van der Waals surface area (Å²) in [7, 11) is 1.63. The van der Waals surface area contributed by atoms with Crippen molar-refractivity contribution in [3.63, 3.8) is 0 Å². The number of nitrogens with zero attached hydrogens (tertiary/aromatic N) is 3. The van der Waals surface area contributed by atoms with Crippen molar-refractivity contribution in [2.24, 2.45) is 0 Å². The molecule has 3 aromatic rings. The summed E-state index contributed by atoms with van der Waals surface area (Å²) in [6.07, 6.45) is 0.750. The molecule has 0 bridgehead atoms. The van der Waals surface area contributed by atoms with Gasteiger partial charge in [0.05, 0.1) is 12.8 Å². The molecule has 1 aromatic heterocycles. The maximum absolute atomic E-state index is 13.5. The fourth-order valence-electron chi connectivity index (χ4n) is 3.55. The van der Waals surface area contributed by atoms with Gasteiger partial charge in [-0.3, -0.25) is 9.89 Å². The second-order valence-corrected chi connectivity index (χ2v) is 7.13. The molecular weight excluding hydrogens is 390 g/mol. The van der Waals surface area contributed by atoms with Crippen LogP contribution >= 0.6 is 0 Å². The van der Waals surface area contributed by atoms with Gasteiger partial charge in [0.2, 0.25) is 0 Å². The minimum atomic E-state index is -1.01. The smallest absolute Gasteiger partial charge is 0.254 e. The van der Waals surface area contributed by atoms with Crippen LogP contribution in [0.15, 0.2) is 48.5 Å². The van der Waals surface area contributed by atoms with Crippen LogP contribution < -0.4 is 9.64 Å². The maximum Gasteiger partial charge on any atom is 0.254 e. The van der Waals surface area contributed by atoms with Crippen molar-refractivity contribution < 1.29 is 18.3 Å². The summed E-state index contributed by atoms with van der Waals surface area (Å²) in [4.78, 5) is 16.5. The summed E-state index contributed by atoms with van der Waals surface area (Å²) in [6.45, 7) is 2.36. The summed E-state index contributed by atoms with van der Waals surface area (Å²) in [5, 5.41) is 7.48. The number of halogens is 2. The molecule has 2 heterocycles.